The number of aliphatic hydroxyl groups excluding tert-OH is 1. The van der Waals surface area contributed by atoms with Crippen LogP contribution >= 0.6 is 0 Å². The standard InChI is InChI=1S/C83H138O5/c1-3-5-7-9-11-13-15-17-19-21-23-25-27-29-31-33-35-37-39-41-43-45-47-49-51-53-55-57-59-61-63-65-67-69-71-73-75-77-82(85)87-80-81(79-84)88-83(86)78-76-74-72-70-68-66-64-62-60-58-56-54-52-50-48-46-44-42-40-38-36-34-32-30-28-26-24-22-20-18-16-14-12-10-8-6-4-2/h5-8,11-14,17-20,23-26,29-32,36,38,42,44,48,50,81,84H,3-4,9-10,15-16,21-22,27-28,33-35,37,39-41,43,45-47,49,51-80H2,1-2H3/b7-5-,8-6-,13-11-,14-12-,19-17-,20-18-,25-23-,26-24-,31-29-,32-30-,38-36-,44-42-,50-48-. The summed E-state index contributed by atoms with van der Waals surface area (Å²) < 4.78 is 10.8. The van der Waals surface area contributed by atoms with Crippen molar-refractivity contribution in [3.63, 3.8) is 0 Å². The van der Waals surface area contributed by atoms with Crippen molar-refractivity contribution in [2.24, 2.45) is 0 Å². The molecule has 1 atom stereocenters. The highest BCUT2D eigenvalue weighted by molar-refractivity contribution is 5.70. The molecule has 0 saturated heterocycles. The van der Waals surface area contributed by atoms with Crippen LogP contribution in [-0.4, -0.2) is 36.4 Å². The van der Waals surface area contributed by atoms with Crippen LogP contribution < -0.4 is 0 Å². The van der Waals surface area contributed by atoms with Gasteiger partial charge in [0, 0.05) is 12.8 Å². The summed E-state index contributed by atoms with van der Waals surface area (Å²) in [6.07, 6.45) is 117. The minimum atomic E-state index is -0.782. The van der Waals surface area contributed by atoms with E-state index in [1.165, 1.54) is 186 Å². The smallest absolute Gasteiger partial charge is 0.306 e. The summed E-state index contributed by atoms with van der Waals surface area (Å²) in [5.41, 5.74) is 0. The minimum Gasteiger partial charge on any atom is -0.462 e. The summed E-state index contributed by atoms with van der Waals surface area (Å²) in [6.45, 7) is 3.93. The Morgan fingerprint density at radius 2 is 0.455 bits per heavy atom. The number of hydrogen-bond donors (Lipinski definition) is 1. The molecule has 0 heterocycles. The maximum atomic E-state index is 12.4. The van der Waals surface area contributed by atoms with E-state index in [2.05, 4.69) is 172 Å². The van der Waals surface area contributed by atoms with E-state index in [0.29, 0.717) is 12.8 Å². The third kappa shape index (κ3) is 74.0. The number of esters is 2. The van der Waals surface area contributed by atoms with E-state index in [9.17, 15) is 14.7 Å². The molecule has 5 heteroatoms. The Morgan fingerprint density at radius 3 is 0.682 bits per heavy atom. The van der Waals surface area contributed by atoms with Crippen molar-refractivity contribution >= 4 is 11.9 Å². The number of unbranched alkanes of at least 4 members (excludes halogenated alkanes) is 33. The van der Waals surface area contributed by atoms with E-state index in [0.717, 1.165) is 122 Å². The largest absolute Gasteiger partial charge is 0.462 e. The second kappa shape index (κ2) is 76.8. The SMILES string of the molecule is CC/C=C\C/C=C\C/C=C\C/C=C\C/C=C\C/C=C\C/C=C\C/C=C\CCCCCCCCCCCCCCC(=O)OC(CO)COC(=O)CCCCCCCCCCCCCCCCCCCCCCC/C=C\C/C=C\C/C=C\C/C=C\C/C=C\CC. The molecule has 0 fully saturated rings. The number of hydrogen-bond acceptors (Lipinski definition) is 5. The minimum absolute atomic E-state index is 0.0703. The number of ether oxygens (including phenoxy) is 2. The number of carbonyl (C=O) groups is 2. The summed E-state index contributed by atoms with van der Waals surface area (Å²) in [7, 11) is 0. The molecule has 88 heavy (non-hydrogen) atoms. The van der Waals surface area contributed by atoms with E-state index in [4.69, 9.17) is 9.47 Å². The average molecular weight is 1220 g/mol. The van der Waals surface area contributed by atoms with Gasteiger partial charge in [0.05, 0.1) is 6.61 Å². The van der Waals surface area contributed by atoms with Gasteiger partial charge in [0.15, 0.2) is 6.10 Å². The molecule has 0 radical (unpaired) electrons. The zero-order valence-corrected chi connectivity index (χ0v) is 57.4. The Hall–Kier alpha value is -4.48. The summed E-state index contributed by atoms with van der Waals surface area (Å²) in [6, 6.07) is 0. The first-order valence-corrected chi connectivity index (χ1v) is 37.0. The van der Waals surface area contributed by atoms with Crippen LogP contribution in [0.1, 0.15) is 335 Å². The first kappa shape index (κ1) is 83.5. The molecule has 0 aliphatic heterocycles. The fourth-order valence-corrected chi connectivity index (χ4v) is 10.4. The Balaban J connectivity index is 3.48. The highest BCUT2D eigenvalue weighted by atomic mass is 16.6. The lowest BCUT2D eigenvalue weighted by Crippen LogP contribution is -2.28. The predicted molar refractivity (Wildman–Crippen MR) is 389 cm³/mol. The van der Waals surface area contributed by atoms with E-state index >= 15 is 0 Å². The molecule has 1 unspecified atom stereocenters. The van der Waals surface area contributed by atoms with Crippen LogP contribution in [-0.2, 0) is 19.1 Å². The Labute approximate surface area is 545 Å². The highest BCUT2D eigenvalue weighted by Gasteiger charge is 2.16. The first-order valence-electron chi connectivity index (χ1n) is 37.0. The molecular weight excluding hydrogens is 1080 g/mol. The zero-order chi connectivity index (χ0) is 63.3. The van der Waals surface area contributed by atoms with Crippen molar-refractivity contribution in [3.8, 4) is 0 Å². The van der Waals surface area contributed by atoms with E-state index in [1.807, 2.05) is 0 Å². The van der Waals surface area contributed by atoms with Crippen LogP contribution in [0.5, 0.6) is 0 Å². The molecule has 0 aliphatic carbocycles. The van der Waals surface area contributed by atoms with Crippen LogP contribution in [0.3, 0.4) is 0 Å². The fraction of sp³-hybridized carbons (Fsp3) is 0.663. The maximum absolute atomic E-state index is 12.4. The molecule has 0 aromatic rings. The van der Waals surface area contributed by atoms with E-state index in [1.54, 1.807) is 0 Å². The summed E-state index contributed by atoms with van der Waals surface area (Å²) in [5, 5.41) is 9.72. The van der Waals surface area contributed by atoms with Crippen molar-refractivity contribution in [1.29, 1.82) is 0 Å². The van der Waals surface area contributed by atoms with Gasteiger partial charge in [-0.2, -0.15) is 0 Å². The monoisotopic (exact) mass is 1220 g/mol. The maximum Gasteiger partial charge on any atom is 0.306 e. The lowest BCUT2D eigenvalue weighted by molar-refractivity contribution is -0.161. The lowest BCUT2D eigenvalue weighted by atomic mass is 10.0. The molecule has 0 saturated carbocycles. The van der Waals surface area contributed by atoms with Gasteiger partial charge >= 0.3 is 11.9 Å². The molecule has 1 N–H and O–H groups in total. The van der Waals surface area contributed by atoms with Crippen molar-refractivity contribution < 1.29 is 24.2 Å². The molecular formula is C83H138O5. The number of carbonyl (C=O) groups excluding carboxylic acids is 2. The summed E-state index contributed by atoms with van der Waals surface area (Å²) >= 11 is 0. The molecule has 500 valence electrons. The molecule has 0 aromatic carbocycles. The third-order valence-electron chi connectivity index (χ3n) is 15.8. The zero-order valence-electron chi connectivity index (χ0n) is 57.4. The predicted octanol–water partition coefficient (Wildman–Crippen LogP) is 26.2. The quantitative estimate of drug-likeness (QED) is 0.0373. The highest BCUT2D eigenvalue weighted by Crippen LogP contribution is 2.18. The van der Waals surface area contributed by atoms with Crippen molar-refractivity contribution in [2.75, 3.05) is 13.2 Å². The first-order chi connectivity index (χ1) is 43.6. The number of aliphatic hydroxyl groups is 1. The van der Waals surface area contributed by atoms with Gasteiger partial charge in [-0.1, -0.05) is 358 Å². The van der Waals surface area contributed by atoms with Gasteiger partial charge in [-0.15, -0.1) is 0 Å². The van der Waals surface area contributed by atoms with Gasteiger partial charge in [0.2, 0.25) is 0 Å². The van der Waals surface area contributed by atoms with Crippen LogP contribution in [0.2, 0.25) is 0 Å². The average Bonchev–Trinajstić information content (AvgIpc) is 3.55. The van der Waals surface area contributed by atoms with Crippen LogP contribution in [0.4, 0.5) is 0 Å². The normalized spacial score (nSPS) is 13.2. The Kier molecular flexibility index (Phi) is 72.9. The molecule has 0 aliphatic rings. The van der Waals surface area contributed by atoms with Crippen LogP contribution in [0.15, 0.2) is 158 Å². The van der Waals surface area contributed by atoms with Crippen molar-refractivity contribution in [2.45, 2.75) is 341 Å². The third-order valence-corrected chi connectivity index (χ3v) is 15.8. The molecule has 0 bridgehead atoms. The number of allylic oxidation sites excluding steroid dienone is 26. The van der Waals surface area contributed by atoms with Gasteiger partial charge in [0.1, 0.15) is 6.61 Å². The molecule has 5 nitrogen and oxygen atoms in total. The van der Waals surface area contributed by atoms with Gasteiger partial charge in [-0.3, -0.25) is 9.59 Å². The lowest BCUT2D eigenvalue weighted by Gasteiger charge is -2.15. The number of rotatable bonds is 67. The van der Waals surface area contributed by atoms with Gasteiger partial charge in [-0.05, 0) is 122 Å². The van der Waals surface area contributed by atoms with Crippen molar-refractivity contribution in [3.05, 3.63) is 158 Å². The van der Waals surface area contributed by atoms with Crippen LogP contribution in [0, 0.1) is 0 Å². The molecule has 0 aromatic heterocycles. The molecule has 0 spiro atoms. The fourth-order valence-electron chi connectivity index (χ4n) is 10.4. The summed E-state index contributed by atoms with van der Waals surface area (Å²) in [4.78, 5) is 24.7. The van der Waals surface area contributed by atoms with E-state index < -0.39 is 6.10 Å². The topological polar surface area (TPSA) is 72.8 Å². The molecule has 0 rings (SSSR count). The van der Waals surface area contributed by atoms with E-state index in [-0.39, 0.29) is 25.2 Å². The van der Waals surface area contributed by atoms with Gasteiger partial charge < -0.3 is 14.6 Å². The Morgan fingerprint density at radius 1 is 0.261 bits per heavy atom. The second-order valence-electron chi connectivity index (χ2n) is 24.3. The van der Waals surface area contributed by atoms with Crippen LogP contribution in [0.25, 0.3) is 0 Å². The van der Waals surface area contributed by atoms with Crippen molar-refractivity contribution in [1.82, 2.24) is 0 Å². The van der Waals surface area contributed by atoms with Gasteiger partial charge in [-0.25, -0.2) is 0 Å². The molecule has 0 amide bonds. The Bertz CT molecular complexity index is 1860. The van der Waals surface area contributed by atoms with Gasteiger partial charge in [0.25, 0.3) is 0 Å². The second-order valence-corrected chi connectivity index (χ2v) is 24.3. The summed E-state index contributed by atoms with van der Waals surface area (Å²) in [5.74, 6) is -0.587.